The number of aliphatic hydroxyl groups excluding tert-OH is 1. The number of aliphatic hydroxyl groups is 1. The second-order valence-corrected chi connectivity index (χ2v) is 5.45. The molecule has 24 heavy (non-hydrogen) atoms. The van der Waals surface area contributed by atoms with Crippen LogP contribution in [-0.4, -0.2) is 21.6 Å². The van der Waals surface area contributed by atoms with Crippen molar-refractivity contribution in [3.8, 4) is 0 Å². The first-order valence-electron chi connectivity index (χ1n) is 7.72. The Morgan fingerprint density at radius 2 is 1.71 bits per heavy atom. The number of benzene rings is 1. The van der Waals surface area contributed by atoms with Gasteiger partial charge in [0.15, 0.2) is 0 Å². The molecule has 0 bridgehead atoms. The molecule has 122 valence electrons. The van der Waals surface area contributed by atoms with Crippen molar-refractivity contribution in [3.63, 3.8) is 0 Å². The van der Waals surface area contributed by atoms with Crippen LogP contribution in [0.1, 0.15) is 29.0 Å². The molecule has 2 atom stereocenters. The van der Waals surface area contributed by atoms with Crippen LogP contribution in [0.2, 0.25) is 0 Å². The summed E-state index contributed by atoms with van der Waals surface area (Å²) in [7, 11) is 0. The van der Waals surface area contributed by atoms with Crippen LogP contribution in [0.25, 0.3) is 0 Å². The average molecular weight is 323 g/mol. The predicted octanol–water partition coefficient (Wildman–Crippen LogP) is 3.03. The normalized spacial score (nSPS) is 13.4. The molecule has 0 amide bonds. The molecule has 0 aliphatic heterocycles. The minimum atomic E-state index is -0.667. The fourth-order valence-electron chi connectivity index (χ4n) is 2.53. The number of nitrogens with one attached hydrogen (secondary N) is 1. The van der Waals surface area contributed by atoms with Gasteiger partial charge in [0.2, 0.25) is 0 Å². The summed E-state index contributed by atoms with van der Waals surface area (Å²) in [5.41, 5.74) is 2.49. The first-order chi connectivity index (χ1) is 11.7. The van der Waals surface area contributed by atoms with Crippen LogP contribution in [0.4, 0.5) is 4.39 Å². The lowest BCUT2D eigenvalue weighted by Crippen LogP contribution is -2.28. The maximum Gasteiger partial charge on any atom is 0.141 e. The first kappa shape index (κ1) is 16.2. The van der Waals surface area contributed by atoms with Gasteiger partial charge in [-0.15, -0.1) is 0 Å². The lowest BCUT2D eigenvalue weighted by molar-refractivity contribution is 0.171. The molecule has 0 fully saturated rings. The molecule has 5 heteroatoms. The number of rotatable bonds is 6. The zero-order valence-corrected chi connectivity index (χ0v) is 13.0. The van der Waals surface area contributed by atoms with E-state index < -0.39 is 6.10 Å². The van der Waals surface area contributed by atoms with Crippen LogP contribution in [0.15, 0.2) is 73.2 Å². The Kier molecular flexibility index (Phi) is 5.25. The van der Waals surface area contributed by atoms with Gasteiger partial charge >= 0.3 is 0 Å². The smallest absolute Gasteiger partial charge is 0.141 e. The van der Waals surface area contributed by atoms with Crippen molar-refractivity contribution in [3.05, 3.63) is 95.8 Å². The Morgan fingerprint density at radius 1 is 0.958 bits per heavy atom. The van der Waals surface area contributed by atoms with Crippen LogP contribution >= 0.6 is 0 Å². The second kappa shape index (κ2) is 7.77. The van der Waals surface area contributed by atoms with Gasteiger partial charge in [-0.2, -0.15) is 0 Å². The van der Waals surface area contributed by atoms with Crippen LogP contribution in [0.3, 0.4) is 0 Å². The van der Waals surface area contributed by atoms with Crippen molar-refractivity contribution >= 4 is 0 Å². The molecule has 2 aromatic heterocycles. The fraction of sp³-hybridized carbons (Fsp3) is 0.158. The van der Waals surface area contributed by atoms with Crippen molar-refractivity contribution in [1.29, 1.82) is 0 Å². The van der Waals surface area contributed by atoms with Gasteiger partial charge in [0.25, 0.3) is 0 Å². The highest BCUT2D eigenvalue weighted by molar-refractivity contribution is 5.28. The van der Waals surface area contributed by atoms with Gasteiger partial charge in [-0.1, -0.05) is 30.3 Å². The zero-order valence-electron chi connectivity index (χ0n) is 13.0. The SMILES string of the molecule is OC(CNC(c1ccccc1)c1ccc(F)cn1)c1ccncc1. The van der Waals surface area contributed by atoms with E-state index in [1.54, 1.807) is 30.6 Å². The van der Waals surface area contributed by atoms with Gasteiger partial charge in [0, 0.05) is 18.9 Å². The number of pyridine rings is 2. The van der Waals surface area contributed by atoms with Crippen LogP contribution < -0.4 is 5.32 Å². The highest BCUT2D eigenvalue weighted by atomic mass is 19.1. The third kappa shape index (κ3) is 4.01. The highest BCUT2D eigenvalue weighted by Gasteiger charge is 2.17. The maximum absolute atomic E-state index is 13.2. The molecule has 1 aromatic carbocycles. The molecule has 4 nitrogen and oxygen atoms in total. The minimum absolute atomic E-state index is 0.233. The van der Waals surface area contributed by atoms with Crippen molar-refractivity contribution in [2.75, 3.05) is 6.54 Å². The molecule has 2 unspecified atom stereocenters. The molecule has 3 rings (SSSR count). The van der Waals surface area contributed by atoms with Gasteiger partial charge in [-0.05, 0) is 35.4 Å². The van der Waals surface area contributed by atoms with E-state index in [2.05, 4.69) is 15.3 Å². The Morgan fingerprint density at radius 3 is 2.38 bits per heavy atom. The third-order valence-corrected chi connectivity index (χ3v) is 3.79. The van der Waals surface area contributed by atoms with Crippen molar-refractivity contribution in [2.24, 2.45) is 0 Å². The largest absolute Gasteiger partial charge is 0.387 e. The zero-order chi connectivity index (χ0) is 16.8. The Bertz CT molecular complexity index is 751. The maximum atomic E-state index is 13.2. The third-order valence-electron chi connectivity index (χ3n) is 3.79. The molecular weight excluding hydrogens is 305 g/mol. The quantitative estimate of drug-likeness (QED) is 0.732. The number of hydrogen-bond acceptors (Lipinski definition) is 4. The molecular formula is C19H18FN3O. The number of aromatic nitrogens is 2. The summed E-state index contributed by atoms with van der Waals surface area (Å²) in [4.78, 5) is 8.13. The fourth-order valence-corrected chi connectivity index (χ4v) is 2.53. The summed E-state index contributed by atoms with van der Waals surface area (Å²) in [5.74, 6) is -0.373. The Hall–Kier alpha value is -2.63. The topological polar surface area (TPSA) is 58.0 Å². The molecule has 0 saturated carbocycles. The molecule has 2 N–H and O–H groups in total. The summed E-state index contributed by atoms with van der Waals surface area (Å²) in [6.45, 7) is 0.336. The van der Waals surface area contributed by atoms with Crippen LogP contribution in [0, 0.1) is 5.82 Å². The van der Waals surface area contributed by atoms with Crippen molar-refractivity contribution in [2.45, 2.75) is 12.1 Å². The predicted molar refractivity (Wildman–Crippen MR) is 89.7 cm³/mol. The van der Waals surface area contributed by atoms with E-state index in [0.29, 0.717) is 12.2 Å². The summed E-state index contributed by atoms with van der Waals surface area (Å²) in [6.07, 6.45) is 3.83. The van der Waals surface area contributed by atoms with E-state index in [4.69, 9.17) is 0 Å². The average Bonchev–Trinajstić information content (AvgIpc) is 2.65. The molecule has 2 heterocycles. The highest BCUT2D eigenvalue weighted by Crippen LogP contribution is 2.21. The monoisotopic (exact) mass is 323 g/mol. The standard InChI is InChI=1S/C19H18FN3O/c20-16-6-7-17(22-12-16)19(15-4-2-1-3-5-15)23-13-18(24)14-8-10-21-11-9-14/h1-12,18-19,23-24H,13H2. The van der Waals surface area contributed by atoms with E-state index in [9.17, 15) is 9.50 Å². The van der Waals surface area contributed by atoms with Gasteiger partial charge < -0.3 is 10.4 Å². The number of hydrogen-bond donors (Lipinski definition) is 2. The molecule has 0 aliphatic rings. The summed E-state index contributed by atoms with van der Waals surface area (Å²) in [6, 6.07) is 16.1. The van der Waals surface area contributed by atoms with Gasteiger partial charge in [-0.25, -0.2) is 4.39 Å². The van der Waals surface area contributed by atoms with Crippen molar-refractivity contribution < 1.29 is 9.50 Å². The summed E-state index contributed by atoms with van der Waals surface area (Å²) in [5, 5.41) is 13.7. The molecule has 0 saturated heterocycles. The molecule has 3 aromatic rings. The lowest BCUT2D eigenvalue weighted by atomic mass is 10.0. The Labute approximate surface area is 140 Å². The minimum Gasteiger partial charge on any atom is -0.387 e. The summed E-state index contributed by atoms with van der Waals surface area (Å²) >= 11 is 0. The van der Waals surface area contributed by atoms with Gasteiger partial charge in [0.05, 0.1) is 24.0 Å². The second-order valence-electron chi connectivity index (χ2n) is 5.45. The van der Waals surface area contributed by atoms with Crippen LogP contribution in [0.5, 0.6) is 0 Å². The summed E-state index contributed by atoms with van der Waals surface area (Å²) < 4.78 is 13.2. The van der Waals surface area contributed by atoms with E-state index in [1.807, 2.05) is 30.3 Å². The first-order valence-corrected chi connectivity index (χ1v) is 7.72. The number of halogens is 1. The van der Waals surface area contributed by atoms with Crippen molar-refractivity contribution in [1.82, 2.24) is 15.3 Å². The van der Waals surface area contributed by atoms with Gasteiger partial charge in [0.1, 0.15) is 5.82 Å². The van der Waals surface area contributed by atoms with Crippen LogP contribution in [-0.2, 0) is 0 Å². The molecule has 0 aliphatic carbocycles. The van der Waals surface area contributed by atoms with E-state index in [1.165, 1.54) is 12.3 Å². The lowest BCUT2D eigenvalue weighted by Gasteiger charge is -2.21. The van der Waals surface area contributed by atoms with E-state index in [0.717, 1.165) is 11.1 Å². The molecule has 0 radical (unpaired) electrons. The van der Waals surface area contributed by atoms with E-state index in [-0.39, 0.29) is 11.9 Å². The Balaban J connectivity index is 1.79. The van der Waals surface area contributed by atoms with Gasteiger partial charge in [-0.3, -0.25) is 9.97 Å². The number of nitrogens with zero attached hydrogens (tertiary/aromatic N) is 2. The van der Waals surface area contributed by atoms with E-state index >= 15 is 0 Å². The molecule has 0 spiro atoms.